The molecule has 3 aromatic rings. The third kappa shape index (κ3) is 5.52. The van der Waals surface area contributed by atoms with Gasteiger partial charge in [-0.25, -0.2) is 9.37 Å². The minimum Gasteiger partial charge on any atom is -0.438 e. The van der Waals surface area contributed by atoms with Crippen molar-refractivity contribution in [2.24, 2.45) is 5.92 Å². The van der Waals surface area contributed by atoms with Crippen molar-refractivity contribution in [2.45, 2.75) is 38.9 Å². The lowest BCUT2D eigenvalue weighted by molar-refractivity contribution is -0.137. The minimum atomic E-state index is -4.54. The number of piperidine rings is 1. The minimum absolute atomic E-state index is 0.0424. The Hall–Kier alpha value is -3.69. The van der Waals surface area contributed by atoms with Gasteiger partial charge in [0.05, 0.1) is 23.4 Å². The quantitative estimate of drug-likeness (QED) is 0.408. The second-order valence-electron chi connectivity index (χ2n) is 9.53. The lowest BCUT2D eigenvalue weighted by atomic mass is 9.99. The summed E-state index contributed by atoms with van der Waals surface area (Å²) < 4.78 is 59.0. The highest BCUT2D eigenvalue weighted by Crippen LogP contribution is 2.34. The van der Waals surface area contributed by atoms with Crippen molar-refractivity contribution >= 4 is 11.9 Å². The molecule has 3 heterocycles. The summed E-state index contributed by atoms with van der Waals surface area (Å²) in [4.78, 5) is 26.2. The molecule has 1 amide bonds. The Morgan fingerprint density at radius 1 is 1.03 bits per heavy atom. The topological polar surface area (TPSA) is 58.6 Å². The first-order chi connectivity index (χ1) is 17.7. The van der Waals surface area contributed by atoms with Crippen LogP contribution in [0.1, 0.15) is 46.9 Å². The first-order valence-corrected chi connectivity index (χ1v) is 12.2. The molecule has 2 aliphatic rings. The third-order valence-electron chi connectivity index (χ3n) is 6.83. The Kier molecular flexibility index (Phi) is 6.74. The van der Waals surface area contributed by atoms with E-state index in [0.29, 0.717) is 36.1 Å². The molecule has 0 unspecified atom stereocenters. The molecule has 37 heavy (non-hydrogen) atoms. The molecule has 0 spiro atoms. The lowest BCUT2D eigenvalue weighted by Crippen LogP contribution is -2.38. The Morgan fingerprint density at radius 2 is 1.76 bits per heavy atom. The molecule has 0 saturated carbocycles. The van der Waals surface area contributed by atoms with Gasteiger partial charge in [0.25, 0.3) is 5.91 Å². The van der Waals surface area contributed by atoms with E-state index in [9.17, 15) is 22.4 Å². The number of fused-ring (bicyclic) bond motifs is 1. The maximum Gasteiger partial charge on any atom is 0.416 e. The molecule has 0 bridgehead atoms. The van der Waals surface area contributed by atoms with Crippen LogP contribution in [0.25, 0.3) is 0 Å². The van der Waals surface area contributed by atoms with E-state index in [1.165, 1.54) is 41.3 Å². The SMILES string of the molecule is CC1CCN(c2nc3c(c(Oc4ccc(F)cc4)n2)CN(C(=O)c2cccc(C(F)(F)F)c2)CC3)CC1. The number of carbonyl (C=O) groups is 1. The summed E-state index contributed by atoms with van der Waals surface area (Å²) in [5.41, 5.74) is 0.401. The summed E-state index contributed by atoms with van der Waals surface area (Å²) in [6, 6.07) is 9.93. The molecule has 0 atom stereocenters. The second kappa shape index (κ2) is 9.99. The van der Waals surface area contributed by atoms with Gasteiger partial charge in [-0.15, -0.1) is 0 Å². The zero-order chi connectivity index (χ0) is 26.2. The van der Waals surface area contributed by atoms with Gasteiger partial charge < -0.3 is 14.5 Å². The Bertz CT molecular complexity index is 1290. The molecule has 1 saturated heterocycles. The summed E-state index contributed by atoms with van der Waals surface area (Å²) in [6.45, 7) is 4.22. The largest absolute Gasteiger partial charge is 0.438 e. The Balaban J connectivity index is 1.46. The fourth-order valence-electron chi connectivity index (χ4n) is 4.60. The van der Waals surface area contributed by atoms with E-state index in [2.05, 4.69) is 16.8 Å². The van der Waals surface area contributed by atoms with Gasteiger partial charge in [-0.3, -0.25) is 4.79 Å². The first kappa shape index (κ1) is 25.0. The smallest absolute Gasteiger partial charge is 0.416 e. The van der Waals surface area contributed by atoms with E-state index < -0.39 is 23.5 Å². The van der Waals surface area contributed by atoms with E-state index >= 15 is 0 Å². The Morgan fingerprint density at radius 3 is 2.46 bits per heavy atom. The number of rotatable bonds is 4. The van der Waals surface area contributed by atoms with Crippen LogP contribution >= 0.6 is 0 Å². The Labute approximate surface area is 211 Å². The van der Waals surface area contributed by atoms with Crippen LogP contribution in [0.2, 0.25) is 0 Å². The number of aromatic nitrogens is 2. The molecule has 5 rings (SSSR count). The number of hydrogen-bond donors (Lipinski definition) is 0. The van der Waals surface area contributed by atoms with Crippen LogP contribution in [0, 0.1) is 11.7 Å². The van der Waals surface area contributed by atoms with Crippen molar-refractivity contribution in [3.05, 3.63) is 76.7 Å². The molecule has 1 fully saturated rings. The summed E-state index contributed by atoms with van der Waals surface area (Å²) >= 11 is 0. The number of nitrogens with zero attached hydrogens (tertiary/aromatic N) is 4. The number of hydrogen-bond acceptors (Lipinski definition) is 5. The average Bonchev–Trinajstić information content (AvgIpc) is 2.89. The molecule has 6 nitrogen and oxygen atoms in total. The van der Waals surface area contributed by atoms with E-state index in [1.54, 1.807) is 0 Å². The predicted octanol–water partition coefficient (Wildman–Crippen LogP) is 5.86. The average molecular weight is 515 g/mol. The third-order valence-corrected chi connectivity index (χ3v) is 6.83. The molecule has 0 radical (unpaired) electrons. The molecule has 2 aliphatic heterocycles. The van der Waals surface area contributed by atoms with Gasteiger partial charge in [0, 0.05) is 31.6 Å². The van der Waals surface area contributed by atoms with Crippen LogP contribution in [0.5, 0.6) is 11.6 Å². The van der Waals surface area contributed by atoms with Crippen LogP contribution in [0.15, 0.2) is 48.5 Å². The van der Waals surface area contributed by atoms with E-state index in [-0.39, 0.29) is 18.0 Å². The normalized spacial score (nSPS) is 16.5. The van der Waals surface area contributed by atoms with Crippen molar-refractivity contribution in [2.75, 3.05) is 24.5 Å². The van der Waals surface area contributed by atoms with Crippen LogP contribution in [0.3, 0.4) is 0 Å². The fourth-order valence-corrected chi connectivity index (χ4v) is 4.60. The van der Waals surface area contributed by atoms with E-state index in [4.69, 9.17) is 9.72 Å². The van der Waals surface area contributed by atoms with Crippen molar-refractivity contribution < 1.29 is 27.1 Å². The van der Waals surface area contributed by atoms with Crippen molar-refractivity contribution in [3.8, 4) is 11.6 Å². The number of ether oxygens (including phenoxy) is 1. The van der Waals surface area contributed by atoms with Crippen molar-refractivity contribution in [3.63, 3.8) is 0 Å². The number of amides is 1. The van der Waals surface area contributed by atoms with Crippen molar-refractivity contribution in [1.29, 1.82) is 0 Å². The fraction of sp³-hybridized carbons (Fsp3) is 0.370. The first-order valence-electron chi connectivity index (χ1n) is 12.2. The van der Waals surface area contributed by atoms with Crippen LogP contribution in [-0.4, -0.2) is 40.4 Å². The molecular weight excluding hydrogens is 488 g/mol. The van der Waals surface area contributed by atoms with Gasteiger partial charge in [0.1, 0.15) is 11.6 Å². The van der Waals surface area contributed by atoms with E-state index in [1.807, 2.05) is 0 Å². The predicted molar refractivity (Wildman–Crippen MR) is 129 cm³/mol. The molecular formula is C27H26F4N4O2. The number of benzene rings is 2. The highest BCUT2D eigenvalue weighted by Gasteiger charge is 2.33. The van der Waals surface area contributed by atoms with Crippen LogP contribution in [-0.2, 0) is 19.1 Å². The van der Waals surface area contributed by atoms with Crippen LogP contribution in [0.4, 0.5) is 23.5 Å². The lowest BCUT2D eigenvalue weighted by Gasteiger charge is -2.33. The number of alkyl halides is 3. The number of halogens is 4. The van der Waals surface area contributed by atoms with Gasteiger partial charge in [-0.05, 0) is 61.2 Å². The number of anilines is 1. The summed E-state index contributed by atoms with van der Waals surface area (Å²) in [5, 5.41) is 0. The number of carbonyl (C=O) groups excluding carboxylic acids is 1. The summed E-state index contributed by atoms with van der Waals surface area (Å²) in [7, 11) is 0. The maximum absolute atomic E-state index is 13.4. The maximum atomic E-state index is 13.4. The monoisotopic (exact) mass is 514 g/mol. The highest BCUT2D eigenvalue weighted by atomic mass is 19.4. The molecule has 2 aromatic carbocycles. The molecule has 10 heteroatoms. The van der Waals surface area contributed by atoms with E-state index in [0.717, 1.165) is 43.8 Å². The second-order valence-corrected chi connectivity index (χ2v) is 9.53. The van der Waals surface area contributed by atoms with Crippen LogP contribution < -0.4 is 9.64 Å². The molecule has 0 aliphatic carbocycles. The van der Waals surface area contributed by atoms with Gasteiger partial charge in [0.2, 0.25) is 11.8 Å². The zero-order valence-electron chi connectivity index (χ0n) is 20.3. The molecule has 1 aromatic heterocycles. The van der Waals surface area contributed by atoms with Gasteiger partial charge in [0.15, 0.2) is 0 Å². The molecule has 194 valence electrons. The van der Waals surface area contributed by atoms with Gasteiger partial charge in [-0.1, -0.05) is 13.0 Å². The molecule has 0 N–H and O–H groups in total. The van der Waals surface area contributed by atoms with Gasteiger partial charge in [-0.2, -0.15) is 18.2 Å². The summed E-state index contributed by atoms with van der Waals surface area (Å²) in [6.07, 6.45) is -2.10. The van der Waals surface area contributed by atoms with Crippen molar-refractivity contribution in [1.82, 2.24) is 14.9 Å². The highest BCUT2D eigenvalue weighted by molar-refractivity contribution is 5.94. The van der Waals surface area contributed by atoms with Gasteiger partial charge >= 0.3 is 6.18 Å². The standard InChI is InChI=1S/C27H26F4N4O2/c1-17-9-12-34(13-10-17)26-32-23-11-14-35(25(36)18-3-2-4-19(15-18)27(29,30)31)16-22(23)24(33-26)37-21-7-5-20(28)6-8-21/h2-8,15,17H,9-14,16H2,1H3. The summed E-state index contributed by atoms with van der Waals surface area (Å²) in [5.74, 6) is 0.880. The zero-order valence-corrected chi connectivity index (χ0v) is 20.3.